The molecular weight excluding hydrogens is 320 g/mol. The number of anilines is 1. The minimum absolute atomic E-state index is 0.136. The lowest BCUT2D eigenvalue weighted by atomic mass is 10.1. The number of carbonyl (C=O) groups excluding carboxylic acids is 1. The average molecular weight is 338 g/mol. The Bertz CT molecular complexity index is 805. The fourth-order valence-electron chi connectivity index (χ4n) is 2.93. The number of piperazine rings is 1. The van der Waals surface area contributed by atoms with Crippen molar-refractivity contribution in [2.45, 2.75) is 0 Å². The normalized spacial score (nSPS) is 14.8. The molecule has 3 aromatic rings. The van der Waals surface area contributed by atoms with Crippen molar-refractivity contribution in [1.82, 2.24) is 15.1 Å². The molecule has 122 valence electrons. The zero-order chi connectivity index (χ0) is 16.4. The molecule has 3 heterocycles. The van der Waals surface area contributed by atoms with Gasteiger partial charge in [0.2, 0.25) is 0 Å². The number of benzene rings is 1. The predicted octanol–water partition coefficient (Wildman–Crippen LogP) is 3.10. The fourth-order valence-corrected chi connectivity index (χ4v) is 3.62. The van der Waals surface area contributed by atoms with Gasteiger partial charge in [-0.15, -0.1) is 11.3 Å². The summed E-state index contributed by atoms with van der Waals surface area (Å²) in [4.78, 5) is 17.4. The summed E-state index contributed by atoms with van der Waals surface area (Å²) in [7, 11) is 0. The van der Waals surface area contributed by atoms with Gasteiger partial charge in [0.15, 0.2) is 5.82 Å². The Kier molecular flexibility index (Phi) is 4.04. The van der Waals surface area contributed by atoms with E-state index in [1.54, 1.807) is 0 Å². The van der Waals surface area contributed by atoms with Crippen molar-refractivity contribution in [2.75, 3.05) is 31.1 Å². The van der Waals surface area contributed by atoms with Crippen molar-refractivity contribution < 1.29 is 4.79 Å². The molecule has 0 aliphatic carbocycles. The number of nitrogens with zero attached hydrogens (tertiary/aromatic N) is 3. The highest BCUT2D eigenvalue weighted by Gasteiger charge is 2.23. The van der Waals surface area contributed by atoms with Gasteiger partial charge in [0, 0.05) is 32.2 Å². The van der Waals surface area contributed by atoms with Crippen LogP contribution in [-0.4, -0.2) is 47.2 Å². The van der Waals surface area contributed by atoms with Gasteiger partial charge in [-0.1, -0.05) is 36.4 Å². The molecule has 0 unspecified atom stereocenters. The van der Waals surface area contributed by atoms with Gasteiger partial charge in [-0.2, -0.15) is 5.10 Å². The minimum Gasteiger partial charge on any atom is -0.352 e. The lowest BCUT2D eigenvalue weighted by molar-refractivity contribution is 0.0751. The van der Waals surface area contributed by atoms with Crippen LogP contribution in [0.2, 0.25) is 0 Å². The minimum atomic E-state index is 0.136. The second kappa shape index (κ2) is 6.49. The van der Waals surface area contributed by atoms with Gasteiger partial charge in [-0.25, -0.2) is 0 Å². The SMILES string of the molecule is O=C(c1cccs1)N1CCN(c2cc(-c3ccccc3)[nH]n2)CC1. The number of rotatable bonds is 3. The van der Waals surface area contributed by atoms with Crippen molar-refractivity contribution >= 4 is 23.1 Å². The van der Waals surface area contributed by atoms with Gasteiger partial charge in [0.1, 0.15) is 0 Å². The number of thiophene rings is 1. The van der Waals surface area contributed by atoms with Crippen molar-refractivity contribution in [3.63, 3.8) is 0 Å². The highest BCUT2D eigenvalue weighted by atomic mass is 32.1. The summed E-state index contributed by atoms with van der Waals surface area (Å²) < 4.78 is 0. The Hall–Kier alpha value is -2.60. The molecule has 6 heteroatoms. The zero-order valence-corrected chi connectivity index (χ0v) is 14.0. The van der Waals surface area contributed by atoms with Crippen LogP contribution in [0.15, 0.2) is 53.9 Å². The van der Waals surface area contributed by atoms with Crippen LogP contribution in [0.4, 0.5) is 5.82 Å². The second-order valence-electron chi connectivity index (χ2n) is 5.76. The van der Waals surface area contributed by atoms with E-state index in [0.717, 1.165) is 48.1 Å². The maximum atomic E-state index is 12.4. The van der Waals surface area contributed by atoms with E-state index in [2.05, 4.69) is 33.3 Å². The van der Waals surface area contributed by atoms with E-state index in [1.807, 2.05) is 40.6 Å². The van der Waals surface area contributed by atoms with Crippen LogP contribution in [0, 0.1) is 0 Å². The molecule has 1 fully saturated rings. The third-order valence-corrected chi connectivity index (χ3v) is 5.13. The Morgan fingerprint density at radius 3 is 2.54 bits per heavy atom. The van der Waals surface area contributed by atoms with E-state index >= 15 is 0 Å². The van der Waals surface area contributed by atoms with E-state index in [4.69, 9.17) is 0 Å². The summed E-state index contributed by atoms with van der Waals surface area (Å²) in [6.07, 6.45) is 0. The number of nitrogens with one attached hydrogen (secondary N) is 1. The summed E-state index contributed by atoms with van der Waals surface area (Å²) in [5.74, 6) is 1.08. The molecule has 1 aromatic carbocycles. The van der Waals surface area contributed by atoms with E-state index in [-0.39, 0.29) is 5.91 Å². The number of amides is 1. The Morgan fingerprint density at radius 1 is 1.04 bits per heavy atom. The van der Waals surface area contributed by atoms with Crippen LogP contribution in [-0.2, 0) is 0 Å². The Balaban J connectivity index is 1.41. The van der Waals surface area contributed by atoms with Gasteiger partial charge in [-0.3, -0.25) is 9.89 Å². The summed E-state index contributed by atoms with van der Waals surface area (Å²) in [6.45, 7) is 3.06. The lowest BCUT2D eigenvalue weighted by Gasteiger charge is -2.34. The van der Waals surface area contributed by atoms with Crippen LogP contribution >= 0.6 is 11.3 Å². The predicted molar refractivity (Wildman–Crippen MR) is 96.5 cm³/mol. The summed E-state index contributed by atoms with van der Waals surface area (Å²) >= 11 is 1.50. The molecule has 0 atom stereocenters. The monoisotopic (exact) mass is 338 g/mol. The van der Waals surface area contributed by atoms with Crippen molar-refractivity contribution in [3.8, 4) is 11.3 Å². The van der Waals surface area contributed by atoms with Crippen LogP contribution < -0.4 is 4.90 Å². The van der Waals surface area contributed by atoms with Crippen molar-refractivity contribution in [1.29, 1.82) is 0 Å². The van der Waals surface area contributed by atoms with Crippen molar-refractivity contribution in [2.24, 2.45) is 0 Å². The first-order valence-electron chi connectivity index (χ1n) is 8.00. The zero-order valence-electron chi connectivity index (χ0n) is 13.2. The topological polar surface area (TPSA) is 52.2 Å². The van der Waals surface area contributed by atoms with Crippen LogP contribution in [0.3, 0.4) is 0 Å². The number of hydrogen-bond donors (Lipinski definition) is 1. The first-order valence-corrected chi connectivity index (χ1v) is 8.88. The molecule has 1 aliphatic rings. The van der Waals surface area contributed by atoms with E-state index < -0.39 is 0 Å². The summed E-state index contributed by atoms with van der Waals surface area (Å²) in [6, 6.07) is 16.1. The smallest absolute Gasteiger partial charge is 0.264 e. The molecular formula is C18H18N4OS. The molecule has 0 bridgehead atoms. The summed E-state index contributed by atoms with van der Waals surface area (Å²) in [5.41, 5.74) is 2.14. The second-order valence-corrected chi connectivity index (χ2v) is 6.71. The maximum Gasteiger partial charge on any atom is 0.264 e. The number of carbonyl (C=O) groups is 1. The molecule has 2 aromatic heterocycles. The quantitative estimate of drug-likeness (QED) is 0.798. The standard InChI is InChI=1S/C18H18N4OS/c23-18(16-7-4-12-24-16)22-10-8-21(9-11-22)17-13-15(19-20-17)14-5-2-1-3-6-14/h1-7,12-13H,8-11H2,(H,19,20). The Labute approximate surface area is 144 Å². The Morgan fingerprint density at radius 2 is 1.83 bits per heavy atom. The first-order chi connectivity index (χ1) is 11.8. The van der Waals surface area contributed by atoms with Crippen LogP contribution in [0.5, 0.6) is 0 Å². The van der Waals surface area contributed by atoms with Crippen LogP contribution in [0.25, 0.3) is 11.3 Å². The molecule has 1 N–H and O–H groups in total. The van der Waals surface area contributed by atoms with Gasteiger partial charge >= 0.3 is 0 Å². The molecule has 1 amide bonds. The van der Waals surface area contributed by atoms with Gasteiger partial charge in [-0.05, 0) is 17.0 Å². The largest absolute Gasteiger partial charge is 0.352 e. The maximum absolute atomic E-state index is 12.4. The number of H-pyrrole nitrogens is 1. The van der Waals surface area contributed by atoms with Gasteiger partial charge < -0.3 is 9.80 Å². The molecule has 1 aliphatic heterocycles. The van der Waals surface area contributed by atoms with E-state index in [1.165, 1.54) is 11.3 Å². The summed E-state index contributed by atoms with van der Waals surface area (Å²) in [5, 5.41) is 9.48. The third kappa shape index (κ3) is 2.92. The van der Waals surface area contributed by atoms with E-state index in [9.17, 15) is 4.79 Å². The van der Waals surface area contributed by atoms with Crippen molar-refractivity contribution in [3.05, 3.63) is 58.8 Å². The highest BCUT2D eigenvalue weighted by Crippen LogP contribution is 2.23. The molecule has 1 saturated heterocycles. The lowest BCUT2D eigenvalue weighted by Crippen LogP contribution is -2.48. The average Bonchev–Trinajstić information content (AvgIpc) is 3.34. The van der Waals surface area contributed by atoms with Crippen LogP contribution in [0.1, 0.15) is 9.67 Å². The van der Waals surface area contributed by atoms with Gasteiger partial charge in [0.05, 0.1) is 10.6 Å². The first kappa shape index (κ1) is 15.0. The molecule has 4 rings (SSSR count). The molecule has 0 radical (unpaired) electrons. The highest BCUT2D eigenvalue weighted by molar-refractivity contribution is 7.12. The number of hydrogen-bond acceptors (Lipinski definition) is 4. The molecule has 0 spiro atoms. The molecule has 5 nitrogen and oxygen atoms in total. The van der Waals surface area contributed by atoms with Gasteiger partial charge in [0.25, 0.3) is 5.91 Å². The fraction of sp³-hybridized carbons (Fsp3) is 0.222. The number of aromatic amines is 1. The van der Waals surface area contributed by atoms with E-state index in [0.29, 0.717) is 0 Å². The molecule has 0 saturated carbocycles. The number of aromatic nitrogens is 2. The molecule has 24 heavy (non-hydrogen) atoms. The third-order valence-electron chi connectivity index (χ3n) is 4.27.